The van der Waals surface area contributed by atoms with E-state index in [9.17, 15) is 4.79 Å². The zero-order valence-electron chi connectivity index (χ0n) is 16.9. The van der Waals surface area contributed by atoms with E-state index in [0.29, 0.717) is 23.6 Å². The summed E-state index contributed by atoms with van der Waals surface area (Å²) in [6, 6.07) is 13.8. The zero-order chi connectivity index (χ0) is 19.8. The van der Waals surface area contributed by atoms with E-state index in [1.165, 1.54) is 11.1 Å². The van der Waals surface area contributed by atoms with Gasteiger partial charge in [0, 0.05) is 18.2 Å². The molecule has 0 spiro atoms. The topological polar surface area (TPSA) is 50.8 Å². The van der Waals surface area contributed by atoms with E-state index in [-0.39, 0.29) is 11.9 Å². The van der Waals surface area contributed by atoms with Gasteiger partial charge in [0.15, 0.2) is 0 Å². The minimum absolute atomic E-state index is 0.122. The molecule has 1 N–H and O–H groups in total. The van der Waals surface area contributed by atoms with E-state index in [4.69, 9.17) is 9.47 Å². The molecule has 0 aliphatic carbocycles. The Morgan fingerprint density at radius 2 is 1.56 bits per heavy atom. The standard InChI is InChI=1S/C22H30N2O3/c1-6-24(7-2)21(17-10-8-16(3)9-11-17)15-23-22(25)18-12-19(26-4)14-20(13-18)27-5/h8-14,21H,6-7,15H2,1-5H3,(H,23,25). The molecule has 0 aromatic heterocycles. The number of hydrogen-bond acceptors (Lipinski definition) is 4. The van der Waals surface area contributed by atoms with Crippen LogP contribution in [0.3, 0.4) is 0 Å². The number of amides is 1. The number of rotatable bonds is 9. The summed E-state index contributed by atoms with van der Waals surface area (Å²) in [5.41, 5.74) is 2.95. The largest absolute Gasteiger partial charge is 0.497 e. The number of hydrogen-bond donors (Lipinski definition) is 1. The highest BCUT2D eigenvalue weighted by Gasteiger charge is 2.19. The van der Waals surface area contributed by atoms with Crippen molar-refractivity contribution in [2.24, 2.45) is 0 Å². The number of likely N-dealkylation sites (N-methyl/N-ethyl adjacent to an activating group) is 1. The van der Waals surface area contributed by atoms with Gasteiger partial charge in [-0.1, -0.05) is 43.7 Å². The summed E-state index contributed by atoms with van der Waals surface area (Å²) in [6.45, 7) is 8.71. The molecule has 2 aromatic rings. The highest BCUT2D eigenvalue weighted by molar-refractivity contribution is 5.95. The summed E-state index contributed by atoms with van der Waals surface area (Å²) in [7, 11) is 3.15. The lowest BCUT2D eigenvalue weighted by Gasteiger charge is -2.30. The van der Waals surface area contributed by atoms with E-state index < -0.39 is 0 Å². The van der Waals surface area contributed by atoms with Gasteiger partial charge < -0.3 is 14.8 Å². The molecule has 0 heterocycles. The van der Waals surface area contributed by atoms with Crippen molar-refractivity contribution in [1.82, 2.24) is 10.2 Å². The number of ether oxygens (including phenoxy) is 2. The fourth-order valence-corrected chi connectivity index (χ4v) is 3.14. The number of nitrogens with one attached hydrogen (secondary N) is 1. The molecule has 5 nitrogen and oxygen atoms in total. The predicted octanol–water partition coefficient (Wildman–Crippen LogP) is 3.83. The maximum Gasteiger partial charge on any atom is 0.251 e. The number of aryl methyl sites for hydroxylation is 1. The molecule has 0 saturated heterocycles. The van der Waals surface area contributed by atoms with Gasteiger partial charge in [-0.15, -0.1) is 0 Å². The molecule has 0 fully saturated rings. The third-order valence-electron chi connectivity index (χ3n) is 4.78. The van der Waals surface area contributed by atoms with Crippen LogP contribution in [0.1, 0.15) is 41.4 Å². The van der Waals surface area contributed by atoms with Crippen molar-refractivity contribution in [3.05, 3.63) is 59.2 Å². The van der Waals surface area contributed by atoms with Gasteiger partial charge in [0.1, 0.15) is 11.5 Å². The van der Waals surface area contributed by atoms with E-state index in [1.807, 2.05) is 0 Å². The lowest BCUT2D eigenvalue weighted by atomic mass is 10.0. The molecule has 146 valence electrons. The Balaban J connectivity index is 2.18. The maximum absolute atomic E-state index is 12.7. The molecule has 1 amide bonds. The fraction of sp³-hybridized carbons (Fsp3) is 0.409. The Labute approximate surface area is 162 Å². The zero-order valence-corrected chi connectivity index (χ0v) is 16.9. The van der Waals surface area contributed by atoms with Crippen LogP contribution in [0.25, 0.3) is 0 Å². The predicted molar refractivity (Wildman–Crippen MR) is 109 cm³/mol. The average molecular weight is 370 g/mol. The van der Waals surface area contributed by atoms with Crippen LogP contribution >= 0.6 is 0 Å². The third kappa shape index (κ3) is 5.47. The van der Waals surface area contributed by atoms with Crippen molar-refractivity contribution in [3.63, 3.8) is 0 Å². The number of nitrogens with zero attached hydrogens (tertiary/aromatic N) is 1. The summed E-state index contributed by atoms with van der Waals surface area (Å²) in [4.78, 5) is 15.1. The van der Waals surface area contributed by atoms with Gasteiger partial charge >= 0.3 is 0 Å². The second-order valence-electron chi connectivity index (χ2n) is 6.46. The number of methoxy groups -OCH3 is 2. The lowest BCUT2D eigenvalue weighted by Crippen LogP contribution is -2.38. The summed E-state index contributed by atoms with van der Waals surface area (Å²) in [6.07, 6.45) is 0. The van der Waals surface area contributed by atoms with Gasteiger partial charge in [-0.2, -0.15) is 0 Å². The fourth-order valence-electron chi connectivity index (χ4n) is 3.14. The maximum atomic E-state index is 12.7. The van der Waals surface area contributed by atoms with Crippen LogP contribution in [0, 0.1) is 6.92 Å². The van der Waals surface area contributed by atoms with Crippen molar-refractivity contribution in [3.8, 4) is 11.5 Å². The molecule has 1 unspecified atom stereocenters. The number of benzene rings is 2. The molecular formula is C22H30N2O3. The first-order valence-corrected chi connectivity index (χ1v) is 9.34. The van der Waals surface area contributed by atoms with E-state index in [1.54, 1.807) is 32.4 Å². The van der Waals surface area contributed by atoms with E-state index >= 15 is 0 Å². The molecule has 1 atom stereocenters. The highest BCUT2D eigenvalue weighted by atomic mass is 16.5. The Bertz CT molecular complexity index is 717. The molecule has 5 heteroatoms. The smallest absolute Gasteiger partial charge is 0.251 e. The molecule has 0 aliphatic rings. The first-order chi connectivity index (χ1) is 13.0. The minimum atomic E-state index is -0.142. The Morgan fingerprint density at radius 1 is 1.00 bits per heavy atom. The second-order valence-corrected chi connectivity index (χ2v) is 6.46. The van der Waals surface area contributed by atoms with Gasteiger partial charge in [-0.05, 0) is 37.7 Å². The number of carbonyl (C=O) groups excluding carboxylic acids is 1. The van der Waals surface area contributed by atoms with Crippen LogP contribution in [0.4, 0.5) is 0 Å². The summed E-state index contributed by atoms with van der Waals surface area (Å²) >= 11 is 0. The van der Waals surface area contributed by atoms with Crippen molar-refractivity contribution in [2.45, 2.75) is 26.8 Å². The summed E-state index contributed by atoms with van der Waals surface area (Å²) < 4.78 is 10.5. The van der Waals surface area contributed by atoms with Gasteiger partial charge in [-0.25, -0.2) is 0 Å². The van der Waals surface area contributed by atoms with Crippen molar-refractivity contribution >= 4 is 5.91 Å². The molecule has 0 bridgehead atoms. The molecule has 0 saturated carbocycles. The molecular weight excluding hydrogens is 340 g/mol. The molecule has 27 heavy (non-hydrogen) atoms. The summed E-state index contributed by atoms with van der Waals surface area (Å²) in [5.74, 6) is 1.05. The van der Waals surface area contributed by atoms with Crippen LogP contribution in [-0.2, 0) is 0 Å². The van der Waals surface area contributed by atoms with Crippen LogP contribution in [0.2, 0.25) is 0 Å². The van der Waals surface area contributed by atoms with Crippen molar-refractivity contribution < 1.29 is 14.3 Å². The Morgan fingerprint density at radius 3 is 2.04 bits per heavy atom. The van der Waals surface area contributed by atoms with Crippen LogP contribution in [0.5, 0.6) is 11.5 Å². The van der Waals surface area contributed by atoms with Gasteiger partial charge in [-0.3, -0.25) is 9.69 Å². The quantitative estimate of drug-likeness (QED) is 0.729. The minimum Gasteiger partial charge on any atom is -0.497 e. The van der Waals surface area contributed by atoms with Crippen molar-refractivity contribution in [2.75, 3.05) is 33.9 Å². The van der Waals surface area contributed by atoms with E-state index in [0.717, 1.165) is 13.1 Å². The van der Waals surface area contributed by atoms with Crippen LogP contribution in [0.15, 0.2) is 42.5 Å². The lowest BCUT2D eigenvalue weighted by molar-refractivity contribution is 0.0934. The van der Waals surface area contributed by atoms with Crippen LogP contribution in [-0.4, -0.2) is 44.7 Å². The molecule has 2 rings (SSSR count). The first-order valence-electron chi connectivity index (χ1n) is 9.34. The van der Waals surface area contributed by atoms with Crippen LogP contribution < -0.4 is 14.8 Å². The van der Waals surface area contributed by atoms with Crippen molar-refractivity contribution in [1.29, 1.82) is 0 Å². The monoisotopic (exact) mass is 370 g/mol. The SMILES string of the molecule is CCN(CC)C(CNC(=O)c1cc(OC)cc(OC)c1)c1ccc(C)cc1. The molecule has 0 aliphatic heterocycles. The number of carbonyl (C=O) groups is 1. The van der Waals surface area contributed by atoms with E-state index in [2.05, 4.69) is 55.3 Å². The highest BCUT2D eigenvalue weighted by Crippen LogP contribution is 2.23. The average Bonchev–Trinajstić information content (AvgIpc) is 2.71. The van der Waals surface area contributed by atoms with Gasteiger partial charge in [0.2, 0.25) is 0 Å². The first kappa shape index (κ1) is 20.8. The summed E-state index contributed by atoms with van der Waals surface area (Å²) in [5, 5.41) is 3.07. The molecule has 0 radical (unpaired) electrons. The third-order valence-corrected chi connectivity index (χ3v) is 4.78. The second kappa shape index (κ2) is 9.97. The Kier molecular flexibility index (Phi) is 7.67. The normalized spacial score (nSPS) is 11.9. The van der Waals surface area contributed by atoms with Gasteiger partial charge in [0.05, 0.1) is 20.3 Å². The van der Waals surface area contributed by atoms with Gasteiger partial charge in [0.25, 0.3) is 5.91 Å². The Hall–Kier alpha value is -2.53. The molecule has 2 aromatic carbocycles.